The average molecular weight is 473 g/mol. The van der Waals surface area contributed by atoms with E-state index in [2.05, 4.69) is 40.0 Å². The van der Waals surface area contributed by atoms with Crippen molar-refractivity contribution in [3.63, 3.8) is 0 Å². The molecule has 4 N–H and O–H groups in total. The molecule has 1 amide bonds. The van der Waals surface area contributed by atoms with E-state index in [1.54, 1.807) is 17.6 Å². The highest BCUT2D eigenvalue weighted by Crippen LogP contribution is 2.37. The minimum Gasteiger partial charge on any atom is -0.364 e. The Bertz CT molecular complexity index is 1390. The molecule has 0 fully saturated rings. The molecule has 2 aromatic carbocycles. The van der Waals surface area contributed by atoms with Crippen molar-refractivity contribution in [3.8, 4) is 0 Å². The molecule has 0 radical (unpaired) electrons. The molecule has 0 bridgehead atoms. The Morgan fingerprint density at radius 1 is 1.23 bits per heavy atom. The maximum Gasteiger partial charge on any atom is 0.267 e. The summed E-state index contributed by atoms with van der Waals surface area (Å²) in [6, 6.07) is 13.6. The number of carbonyl (C=O) groups excluding carboxylic acids is 1. The fourth-order valence-corrected chi connectivity index (χ4v) is 5.14. The highest BCUT2D eigenvalue weighted by atomic mass is 19.1. The minimum absolute atomic E-state index is 0.233. The maximum atomic E-state index is 13.6. The quantitative estimate of drug-likeness (QED) is 0.162. The molecular formula is C28H29FN4O2. The lowest BCUT2D eigenvalue weighted by Crippen LogP contribution is -2.29. The van der Waals surface area contributed by atoms with Crippen LogP contribution in [0.5, 0.6) is 0 Å². The molecular weight excluding hydrogens is 443 g/mol. The maximum absolute atomic E-state index is 13.6. The highest BCUT2D eigenvalue weighted by molar-refractivity contribution is 5.90. The van der Waals surface area contributed by atoms with Crippen LogP contribution in [0.2, 0.25) is 0 Å². The summed E-state index contributed by atoms with van der Waals surface area (Å²) in [5, 5.41) is 9.77. The van der Waals surface area contributed by atoms with Gasteiger partial charge in [-0.1, -0.05) is 18.2 Å². The Kier molecular flexibility index (Phi) is 6.53. The van der Waals surface area contributed by atoms with Crippen LogP contribution in [-0.2, 0) is 24.2 Å². The summed E-state index contributed by atoms with van der Waals surface area (Å²) < 4.78 is 13.6. The first kappa shape index (κ1) is 23.1. The van der Waals surface area contributed by atoms with Crippen LogP contribution in [0.15, 0.2) is 60.9 Å². The first-order chi connectivity index (χ1) is 17.0. The van der Waals surface area contributed by atoms with E-state index in [1.807, 2.05) is 24.5 Å². The standard InChI is InChI=1S/C28H29FN4O2/c1-18-10-12-30-26(18)17-33(13-11-21-16-31-25-15-22(29)5-7-23(21)25)27-8-4-20-14-19(2-6-24(20)27)3-9-28(34)32-35/h2-3,5-7,9-10,12,14-16,27,30-31,35H,4,8,11,13,17H2,1H3,(H,32,34)/b9-3+. The van der Waals surface area contributed by atoms with E-state index in [4.69, 9.17) is 5.21 Å². The number of fused-ring (bicyclic) bond motifs is 2. The van der Waals surface area contributed by atoms with E-state index in [9.17, 15) is 9.18 Å². The van der Waals surface area contributed by atoms with Crippen LogP contribution in [0.3, 0.4) is 0 Å². The van der Waals surface area contributed by atoms with Crippen LogP contribution in [0.25, 0.3) is 17.0 Å². The first-order valence-corrected chi connectivity index (χ1v) is 11.9. The second-order valence-electron chi connectivity index (χ2n) is 9.19. The molecule has 4 aromatic rings. The lowest BCUT2D eigenvalue weighted by Gasteiger charge is -2.30. The summed E-state index contributed by atoms with van der Waals surface area (Å²) in [5.41, 5.74) is 9.64. The van der Waals surface area contributed by atoms with Crippen molar-refractivity contribution >= 4 is 22.9 Å². The van der Waals surface area contributed by atoms with E-state index < -0.39 is 5.91 Å². The topological polar surface area (TPSA) is 84.2 Å². The summed E-state index contributed by atoms with van der Waals surface area (Å²) in [6.45, 7) is 3.81. The number of aromatic nitrogens is 2. The van der Waals surface area contributed by atoms with Gasteiger partial charge in [0.2, 0.25) is 0 Å². The Labute approximate surface area is 203 Å². The third-order valence-electron chi connectivity index (χ3n) is 7.02. The van der Waals surface area contributed by atoms with E-state index in [1.165, 1.54) is 40.1 Å². The van der Waals surface area contributed by atoms with E-state index in [0.717, 1.165) is 48.8 Å². The molecule has 1 atom stereocenters. The van der Waals surface area contributed by atoms with Gasteiger partial charge in [0, 0.05) is 54.2 Å². The number of aromatic amines is 2. The highest BCUT2D eigenvalue weighted by Gasteiger charge is 2.28. The van der Waals surface area contributed by atoms with Crippen molar-refractivity contribution < 1.29 is 14.4 Å². The fraction of sp³-hybridized carbons (Fsp3) is 0.250. The number of hydrogen-bond acceptors (Lipinski definition) is 3. The molecule has 1 unspecified atom stereocenters. The monoisotopic (exact) mass is 472 g/mol. The van der Waals surface area contributed by atoms with Gasteiger partial charge in [0.05, 0.1) is 0 Å². The van der Waals surface area contributed by atoms with Gasteiger partial charge < -0.3 is 9.97 Å². The molecule has 0 spiro atoms. The zero-order chi connectivity index (χ0) is 24.4. The van der Waals surface area contributed by atoms with Crippen molar-refractivity contribution in [2.24, 2.45) is 0 Å². The Hall–Kier alpha value is -3.68. The molecule has 0 aliphatic heterocycles. The number of nitrogens with zero attached hydrogens (tertiary/aromatic N) is 1. The van der Waals surface area contributed by atoms with Gasteiger partial charge in [-0.15, -0.1) is 0 Å². The van der Waals surface area contributed by atoms with Crippen LogP contribution in [0.4, 0.5) is 4.39 Å². The summed E-state index contributed by atoms with van der Waals surface area (Å²) in [7, 11) is 0. The van der Waals surface area contributed by atoms with Gasteiger partial charge in [0.25, 0.3) is 5.91 Å². The Balaban J connectivity index is 1.39. The van der Waals surface area contributed by atoms with Gasteiger partial charge in [-0.3, -0.25) is 14.9 Å². The largest absolute Gasteiger partial charge is 0.364 e. The number of carbonyl (C=O) groups is 1. The molecule has 7 heteroatoms. The molecule has 1 aliphatic rings. The number of benzene rings is 2. The van der Waals surface area contributed by atoms with Crippen molar-refractivity contribution in [1.82, 2.24) is 20.3 Å². The third-order valence-corrected chi connectivity index (χ3v) is 7.02. The van der Waals surface area contributed by atoms with Crippen LogP contribution in [-0.4, -0.2) is 32.5 Å². The fourth-order valence-electron chi connectivity index (χ4n) is 5.14. The van der Waals surface area contributed by atoms with Crippen LogP contribution >= 0.6 is 0 Å². The number of hydroxylamine groups is 1. The normalized spacial score (nSPS) is 15.4. The predicted molar refractivity (Wildman–Crippen MR) is 134 cm³/mol. The molecule has 1 aliphatic carbocycles. The number of halogens is 1. The number of nitrogens with one attached hydrogen (secondary N) is 3. The van der Waals surface area contributed by atoms with Crippen molar-refractivity contribution in [1.29, 1.82) is 0 Å². The summed E-state index contributed by atoms with van der Waals surface area (Å²) in [6.07, 6.45) is 9.86. The molecule has 2 aromatic heterocycles. The molecule has 5 rings (SSSR count). The smallest absolute Gasteiger partial charge is 0.267 e. The van der Waals surface area contributed by atoms with Gasteiger partial charge in [0.1, 0.15) is 5.82 Å². The summed E-state index contributed by atoms with van der Waals surface area (Å²) in [4.78, 5) is 20.5. The van der Waals surface area contributed by atoms with Gasteiger partial charge in [0.15, 0.2) is 0 Å². The van der Waals surface area contributed by atoms with E-state index >= 15 is 0 Å². The van der Waals surface area contributed by atoms with Crippen molar-refractivity contribution in [3.05, 3.63) is 100 Å². The SMILES string of the molecule is Cc1cc[nH]c1CN(CCc1c[nH]c2cc(F)ccc12)C1CCc2cc(/C=C/C(=O)NO)ccc21. The Morgan fingerprint density at radius 2 is 2.11 bits per heavy atom. The number of rotatable bonds is 8. The Morgan fingerprint density at radius 3 is 2.91 bits per heavy atom. The summed E-state index contributed by atoms with van der Waals surface area (Å²) >= 11 is 0. The molecule has 35 heavy (non-hydrogen) atoms. The number of H-pyrrole nitrogens is 2. The van der Waals surface area contributed by atoms with E-state index in [-0.39, 0.29) is 11.9 Å². The lowest BCUT2D eigenvalue weighted by molar-refractivity contribution is -0.124. The van der Waals surface area contributed by atoms with Crippen LogP contribution < -0.4 is 5.48 Å². The zero-order valence-corrected chi connectivity index (χ0v) is 19.6. The minimum atomic E-state index is -0.545. The van der Waals surface area contributed by atoms with Crippen LogP contribution in [0.1, 0.15) is 46.0 Å². The first-order valence-electron chi connectivity index (χ1n) is 11.9. The summed E-state index contributed by atoms with van der Waals surface area (Å²) in [5.74, 6) is -0.778. The van der Waals surface area contributed by atoms with Crippen molar-refractivity contribution in [2.75, 3.05) is 6.54 Å². The predicted octanol–water partition coefficient (Wildman–Crippen LogP) is 5.19. The average Bonchev–Trinajstić information content (AvgIpc) is 3.58. The number of amides is 1. The molecule has 6 nitrogen and oxygen atoms in total. The number of aryl methyl sites for hydroxylation is 2. The van der Waals surface area contributed by atoms with Crippen LogP contribution in [0, 0.1) is 12.7 Å². The molecule has 0 saturated carbocycles. The lowest BCUT2D eigenvalue weighted by atomic mass is 10.0. The third kappa shape index (κ3) is 4.92. The van der Waals surface area contributed by atoms with Gasteiger partial charge in [-0.05, 0) is 84.3 Å². The number of hydrogen-bond donors (Lipinski definition) is 4. The second-order valence-corrected chi connectivity index (χ2v) is 9.19. The van der Waals surface area contributed by atoms with Crippen molar-refractivity contribution in [2.45, 2.75) is 38.8 Å². The molecule has 180 valence electrons. The van der Waals surface area contributed by atoms with Gasteiger partial charge in [-0.2, -0.15) is 0 Å². The van der Waals surface area contributed by atoms with Gasteiger partial charge in [-0.25, -0.2) is 9.87 Å². The second kappa shape index (κ2) is 9.90. The van der Waals surface area contributed by atoms with E-state index in [0.29, 0.717) is 0 Å². The zero-order valence-electron chi connectivity index (χ0n) is 19.6. The molecule has 2 heterocycles. The van der Waals surface area contributed by atoms with Gasteiger partial charge >= 0.3 is 0 Å². The molecule has 0 saturated heterocycles.